The van der Waals surface area contributed by atoms with Crippen molar-refractivity contribution in [2.24, 2.45) is 0 Å². The van der Waals surface area contributed by atoms with Crippen LogP contribution < -0.4 is 10.1 Å². The number of ether oxygens (including phenoxy) is 1. The summed E-state index contributed by atoms with van der Waals surface area (Å²) in [6, 6.07) is 3.85. The minimum atomic E-state index is -0.199. The number of methoxy groups -OCH3 is 1. The summed E-state index contributed by atoms with van der Waals surface area (Å²) in [7, 11) is 3.58. The normalized spacial score (nSPS) is 11.7. The smallest absolute Gasteiger partial charge is 0.144 e. The Bertz CT molecular complexity index is 620. The number of hydrogen-bond acceptors (Lipinski definition) is 3. The number of benzene rings is 1. The van der Waals surface area contributed by atoms with Crippen molar-refractivity contribution < 1.29 is 4.74 Å². The summed E-state index contributed by atoms with van der Waals surface area (Å²) in [6.07, 6.45) is 3.65. The molecule has 1 N–H and O–H groups in total. The van der Waals surface area contributed by atoms with Gasteiger partial charge in [-0.3, -0.25) is 4.57 Å². The van der Waals surface area contributed by atoms with Gasteiger partial charge in [0.05, 0.1) is 36.6 Å². The second-order valence-corrected chi connectivity index (χ2v) is 5.70. The van der Waals surface area contributed by atoms with Crippen molar-refractivity contribution in [2.45, 2.75) is 26.3 Å². The third-order valence-corrected chi connectivity index (χ3v) is 4.03. The topological polar surface area (TPSA) is 39.1 Å². The van der Waals surface area contributed by atoms with Crippen molar-refractivity contribution in [1.82, 2.24) is 14.9 Å². The van der Waals surface area contributed by atoms with Crippen LogP contribution in [0, 0.1) is 6.92 Å². The van der Waals surface area contributed by atoms with Gasteiger partial charge in [0.2, 0.25) is 0 Å². The molecule has 1 aromatic carbocycles. The monoisotopic (exact) mass is 293 g/mol. The number of nitrogens with one attached hydrogen (secondary N) is 1. The number of rotatable bonds is 4. The van der Waals surface area contributed by atoms with Crippen molar-refractivity contribution in [3.05, 3.63) is 40.9 Å². The molecule has 0 aliphatic carbocycles. The molecule has 0 aliphatic rings. The number of nitrogens with zero attached hydrogens (tertiary/aromatic N) is 2. The van der Waals surface area contributed by atoms with Gasteiger partial charge in [0, 0.05) is 11.1 Å². The first-order chi connectivity index (χ1) is 9.40. The molecule has 1 heterocycles. The maximum Gasteiger partial charge on any atom is 0.144 e. The van der Waals surface area contributed by atoms with E-state index in [0.717, 1.165) is 22.7 Å². The maximum atomic E-state index is 6.17. The number of aryl methyl sites for hydroxylation is 1. The van der Waals surface area contributed by atoms with Crippen LogP contribution in [-0.4, -0.2) is 23.7 Å². The van der Waals surface area contributed by atoms with E-state index in [4.69, 9.17) is 16.3 Å². The third-order valence-electron chi connectivity index (χ3n) is 3.62. The van der Waals surface area contributed by atoms with E-state index >= 15 is 0 Å². The van der Waals surface area contributed by atoms with Crippen LogP contribution in [0.1, 0.15) is 25.1 Å². The van der Waals surface area contributed by atoms with Crippen LogP contribution in [0.5, 0.6) is 5.75 Å². The molecule has 0 amide bonds. The molecule has 0 saturated carbocycles. The first kappa shape index (κ1) is 14.9. The van der Waals surface area contributed by atoms with Gasteiger partial charge in [-0.05, 0) is 39.4 Å². The Labute approximate surface area is 124 Å². The summed E-state index contributed by atoms with van der Waals surface area (Å²) >= 11 is 6.17. The Kier molecular flexibility index (Phi) is 4.06. The standard InChI is InChI=1S/C15H20ClN3O/c1-10-6-12(13(20-5)7-11(10)16)19-9-18-8-14(19)15(2,3)17-4/h6-9,17H,1-5H3. The lowest BCUT2D eigenvalue weighted by molar-refractivity contribution is 0.404. The van der Waals surface area contributed by atoms with Crippen molar-refractivity contribution in [3.63, 3.8) is 0 Å². The molecule has 20 heavy (non-hydrogen) atoms. The van der Waals surface area contributed by atoms with Crippen LogP contribution in [0.15, 0.2) is 24.7 Å². The molecule has 0 fully saturated rings. The van der Waals surface area contributed by atoms with Gasteiger partial charge >= 0.3 is 0 Å². The first-order valence-corrected chi connectivity index (χ1v) is 6.84. The number of aromatic nitrogens is 2. The molecule has 5 heteroatoms. The number of imidazole rings is 1. The lowest BCUT2D eigenvalue weighted by Gasteiger charge is -2.26. The van der Waals surface area contributed by atoms with Crippen LogP contribution in [0.2, 0.25) is 5.02 Å². The highest BCUT2D eigenvalue weighted by Crippen LogP contribution is 2.32. The Morgan fingerprint density at radius 2 is 2.05 bits per heavy atom. The third kappa shape index (κ3) is 2.53. The van der Waals surface area contributed by atoms with E-state index in [1.807, 2.05) is 36.9 Å². The van der Waals surface area contributed by atoms with E-state index in [-0.39, 0.29) is 5.54 Å². The van der Waals surface area contributed by atoms with Gasteiger partial charge in [-0.2, -0.15) is 0 Å². The zero-order valence-electron chi connectivity index (χ0n) is 12.5. The zero-order valence-corrected chi connectivity index (χ0v) is 13.2. The van der Waals surface area contributed by atoms with Crippen molar-refractivity contribution in [2.75, 3.05) is 14.2 Å². The van der Waals surface area contributed by atoms with E-state index in [2.05, 4.69) is 24.1 Å². The highest BCUT2D eigenvalue weighted by molar-refractivity contribution is 6.31. The fourth-order valence-electron chi connectivity index (χ4n) is 2.08. The van der Waals surface area contributed by atoms with Gasteiger partial charge < -0.3 is 10.1 Å². The lowest BCUT2D eigenvalue weighted by Crippen LogP contribution is -2.35. The van der Waals surface area contributed by atoms with Crippen LogP contribution in [-0.2, 0) is 5.54 Å². The van der Waals surface area contributed by atoms with Gasteiger partial charge in [-0.1, -0.05) is 11.6 Å². The van der Waals surface area contributed by atoms with Gasteiger partial charge in [0.15, 0.2) is 0 Å². The average Bonchev–Trinajstić information content (AvgIpc) is 2.91. The van der Waals surface area contributed by atoms with E-state index in [1.165, 1.54) is 0 Å². The Morgan fingerprint density at radius 3 is 2.65 bits per heavy atom. The number of halogens is 1. The molecule has 108 valence electrons. The molecule has 2 aromatic rings. The molecule has 0 bridgehead atoms. The summed E-state index contributed by atoms with van der Waals surface area (Å²) < 4.78 is 7.48. The summed E-state index contributed by atoms with van der Waals surface area (Å²) in [5.41, 5.74) is 2.80. The minimum absolute atomic E-state index is 0.199. The van der Waals surface area contributed by atoms with Gasteiger partial charge in [-0.15, -0.1) is 0 Å². The van der Waals surface area contributed by atoms with E-state index < -0.39 is 0 Å². The fourth-order valence-corrected chi connectivity index (χ4v) is 2.23. The van der Waals surface area contributed by atoms with Crippen LogP contribution in [0.4, 0.5) is 0 Å². The molecule has 0 aliphatic heterocycles. The molecule has 1 aromatic heterocycles. The molecular formula is C15H20ClN3O. The quantitative estimate of drug-likeness (QED) is 0.940. The summed E-state index contributed by atoms with van der Waals surface area (Å²) in [5.74, 6) is 0.728. The largest absolute Gasteiger partial charge is 0.495 e. The second kappa shape index (κ2) is 5.46. The maximum absolute atomic E-state index is 6.17. The van der Waals surface area contributed by atoms with Gasteiger partial charge in [-0.25, -0.2) is 4.98 Å². The van der Waals surface area contributed by atoms with Gasteiger partial charge in [0.1, 0.15) is 5.75 Å². The summed E-state index contributed by atoms with van der Waals surface area (Å²) in [6.45, 7) is 6.19. The van der Waals surface area contributed by atoms with Crippen molar-refractivity contribution in [1.29, 1.82) is 0 Å². The first-order valence-electron chi connectivity index (χ1n) is 6.47. The predicted molar refractivity (Wildman–Crippen MR) is 81.9 cm³/mol. The second-order valence-electron chi connectivity index (χ2n) is 5.30. The van der Waals surface area contributed by atoms with Crippen molar-refractivity contribution >= 4 is 11.6 Å². The van der Waals surface area contributed by atoms with E-state index in [9.17, 15) is 0 Å². The highest BCUT2D eigenvalue weighted by atomic mass is 35.5. The summed E-state index contributed by atoms with van der Waals surface area (Å²) in [5, 5.41) is 3.98. The SMILES string of the molecule is CNC(C)(C)c1cncn1-c1cc(C)c(Cl)cc1OC. The average molecular weight is 294 g/mol. The Morgan fingerprint density at radius 1 is 1.35 bits per heavy atom. The molecule has 0 radical (unpaired) electrons. The minimum Gasteiger partial charge on any atom is -0.495 e. The molecule has 0 unspecified atom stereocenters. The van der Waals surface area contributed by atoms with Crippen LogP contribution in [0.25, 0.3) is 5.69 Å². The molecule has 0 saturated heterocycles. The van der Waals surface area contributed by atoms with E-state index in [1.54, 1.807) is 13.4 Å². The number of hydrogen-bond donors (Lipinski definition) is 1. The predicted octanol–water partition coefficient (Wildman–Crippen LogP) is 3.30. The van der Waals surface area contributed by atoms with Crippen LogP contribution >= 0.6 is 11.6 Å². The molecule has 0 atom stereocenters. The molecule has 4 nitrogen and oxygen atoms in total. The Hall–Kier alpha value is -1.52. The fraction of sp³-hybridized carbons (Fsp3) is 0.400. The highest BCUT2D eigenvalue weighted by Gasteiger charge is 2.24. The zero-order chi connectivity index (χ0) is 14.9. The van der Waals surface area contributed by atoms with E-state index in [0.29, 0.717) is 5.02 Å². The molecular weight excluding hydrogens is 274 g/mol. The van der Waals surface area contributed by atoms with Gasteiger partial charge in [0.25, 0.3) is 0 Å². The van der Waals surface area contributed by atoms with Crippen LogP contribution in [0.3, 0.4) is 0 Å². The molecule has 0 spiro atoms. The Balaban J connectivity index is 2.64. The van der Waals surface area contributed by atoms with Crippen molar-refractivity contribution in [3.8, 4) is 11.4 Å². The lowest BCUT2D eigenvalue weighted by atomic mass is 10.0. The molecule has 2 rings (SSSR count). The summed E-state index contributed by atoms with van der Waals surface area (Å²) in [4.78, 5) is 4.27.